The summed E-state index contributed by atoms with van der Waals surface area (Å²) in [5.74, 6) is 2.43. The van der Waals surface area contributed by atoms with Crippen molar-refractivity contribution in [1.29, 1.82) is 0 Å². The van der Waals surface area contributed by atoms with Crippen molar-refractivity contribution in [1.82, 2.24) is 0 Å². The third-order valence-corrected chi connectivity index (χ3v) is 10.1. The maximum atomic E-state index is 6.06. The molecular formula is C59H54O. The molecule has 0 N–H and O–H groups in total. The molecule has 0 spiro atoms. The van der Waals surface area contributed by atoms with E-state index in [0.29, 0.717) is 0 Å². The molecule has 296 valence electrons. The summed E-state index contributed by atoms with van der Waals surface area (Å²) < 4.78 is 6.06. The van der Waals surface area contributed by atoms with Gasteiger partial charge in [-0.25, -0.2) is 0 Å². The molecule has 0 aliphatic heterocycles. The van der Waals surface area contributed by atoms with Crippen molar-refractivity contribution in [2.45, 2.75) is 47.0 Å². The van der Waals surface area contributed by atoms with E-state index >= 15 is 0 Å². The molecule has 0 aliphatic rings. The van der Waals surface area contributed by atoms with Crippen molar-refractivity contribution < 1.29 is 4.42 Å². The van der Waals surface area contributed by atoms with Crippen molar-refractivity contribution in [3.8, 4) is 56.9 Å². The Morgan fingerprint density at radius 2 is 0.917 bits per heavy atom. The zero-order chi connectivity index (χ0) is 41.9. The Labute approximate surface area is 357 Å². The normalized spacial score (nSPS) is 10.4. The first-order valence-electron chi connectivity index (χ1n) is 21.1. The highest BCUT2D eigenvalue weighted by Gasteiger charge is 2.09. The van der Waals surface area contributed by atoms with Gasteiger partial charge < -0.3 is 4.42 Å². The van der Waals surface area contributed by atoms with E-state index < -0.39 is 0 Å². The lowest BCUT2D eigenvalue weighted by molar-refractivity contribution is 0.668. The number of terminal acetylenes is 1. The topological polar surface area (TPSA) is 13.1 Å². The van der Waals surface area contributed by atoms with E-state index in [1.54, 1.807) is 0 Å². The van der Waals surface area contributed by atoms with Gasteiger partial charge in [0.05, 0.1) is 0 Å². The maximum absolute atomic E-state index is 6.06. The summed E-state index contributed by atoms with van der Waals surface area (Å²) in [6, 6.07) is 70.9. The summed E-state index contributed by atoms with van der Waals surface area (Å²) in [4.78, 5) is 0. The Kier molecular flexibility index (Phi) is 15.7. The molecule has 1 aromatic heterocycles. The van der Waals surface area contributed by atoms with E-state index in [9.17, 15) is 0 Å². The van der Waals surface area contributed by atoms with Crippen LogP contribution in [0.25, 0.3) is 72.5 Å². The van der Waals surface area contributed by atoms with Crippen LogP contribution in [0, 0.1) is 12.3 Å². The molecule has 0 aliphatic carbocycles. The highest BCUT2D eigenvalue weighted by molar-refractivity contribution is 6.04. The second-order valence-electron chi connectivity index (χ2n) is 14.2. The van der Waals surface area contributed by atoms with Gasteiger partial charge in [0.15, 0.2) is 0 Å². The zero-order valence-electron chi connectivity index (χ0n) is 35.3. The molecule has 1 heteroatoms. The summed E-state index contributed by atoms with van der Waals surface area (Å²) in [5.41, 5.74) is 15.6. The van der Waals surface area contributed by atoms with Crippen molar-refractivity contribution in [3.63, 3.8) is 0 Å². The lowest BCUT2D eigenvalue weighted by Gasteiger charge is -2.11. The quantitative estimate of drug-likeness (QED) is 0.140. The Morgan fingerprint density at radius 1 is 0.433 bits per heavy atom. The second kappa shape index (κ2) is 22.1. The van der Waals surface area contributed by atoms with Crippen molar-refractivity contribution in [2.24, 2.45) is 0 Å². The third kappa shape index (κ3) is 11.3. The number of rotatable bonds is 8. The van der Waals surface area contributed by atoms with Gasteiger partial charge >= 0.3 is 0 Å². The van der Waals surface area contributed by atoms with E-state index in [2.05, 4.69) is 207 Å². The van der Waals surface area contributed by atoms with Crippen LogP contribution in [0.1, 0.15) is 50.8 Å². The molecule has 9 rings (SSSR count). The monoisotopic (exact) mass is 778 g/mol. The number of furan rings is 1. The zero-order valence-corrected chi connectivity index (χ0v) is 35.3. The number of para-hydroxylation sites is 1. The van der Waals surface area contributed by atoms with Gasteiger partial charge in [-0.15, -0.1) is 12.3 Å². The average molecular weight is 779 g/mol. The number of hydrogen-bond donors (Lipinski definition) is 0. The van der Waals surface area contributed by atoms with Crippen molar-refractivity contribution >= 4 is 28.0 Å². The van der Waals surface area contributed by atoms with E-state index in [1.807, 2.05) is 39.0 Å². The first-order chi connectivity index (χ1) is 29.6. The SMILES string of the molecule is C#CCC.C(=C\c1ccc(-c2cc(-c3ccccc3)cc(-c3ccccc3)c2)cc1)/Cc1ccc2c(c1)oc1ccccc12.CC.CCc1cccc(-c2ccccc2)c1. The van der Waals surface area contributed by atoms with E-state index in [4.69, 9.17) is 10.8 Å². The van der Waals surface area contributed by atoms with E-state index in [1.165, 1.54) is 72.0 Å². The number of benzene rings is 8. The molecule has 0 unspecified atom stereocenters. The van der Waals surface area contributed by atoms with Crippen LogP contribution in [0.4, 0.5) is 0 Å². The Morgan fingerprint density at radius 3 is 1.47 bits per heavy atom. The fourth-order valence-corrected chi connectivity index (χ4v) is 7.01. The fraction of sp³-hybridized carbons (Fsp3) is 0.119. The molecule has 0 atom stereocenters. The summed E-state index contributed by atoms with van der Waals surface area (Å²) in [5, 5.41) is 2.34. The van der Waals surface area contributed by atoms with Gasteiger partial charge in [-0.3, -0.25) is 0 Å². The smallest absolute Gasteiger partial charge is 0.135 e. The van der Waals surface area contributed by atoms with Crippen LogP contribution in [0.5, 0.6) is 0 Å². The Bertz CT molecular complexity index is 2690. The van der Waals surface area contributed by atoms with Gasteiger partial charge in [-0.1, -0.05) is 210 Å². The lowest BCUT2D eigenvalue weighted by atomic mass is 9.93. The predicted molar refractivity (Wildman–Crippen MR) is 261 cm³/mol. The van der Waals surface area contributed by atoms with Crippen LogP contribution in [-0.4, -0.2) is 0 Å². The largest absolute Gasteiger partial charge is 0.456 e. The summed E-state index contributed by atoms with van der Waals surface area (Å²) >= 11 is 0. The fourth-order valence-electron chi connectivity index (χ4n) is 7.01. The van der Waals surface area contributed by atoms with Gasteiger partial charge in [-0.2, -0.15) is 0 Å². The summed E-state index contributed by atoms with van der Waals surface area (Å²) in [6.45, 7) is 8.13. The molecule has 0 radical (unpaired) electrons. The summed E-state index contributed by atoms with van der Waals surface area (Å²) in [6.07, 6.45) is 12.0. The molecule has 8 aromatic carbocycles. The number of aryl methyl sites for hydroxylation is 1. The minimum Gasteiger partial charge on any atom is -0.456 e. The lowest BCUT2D eigenvalue weighted by Crippen LogP contribution is -1.86. The highest BCUT2D eigenvalue weighted by atomic mass is 16.3. The van der Waals surface area contributed by atoms with Gasteiger partial charge in [0, 0.05) is 17.2 Å². The van der Waals surface area contributed by atoms with Crippen LogP contribution in [0.3, 0.4) is 0 Å². The maximum Gasteiger partial charge on any atom is 0.135 e. The number of allylic oxidation sites excluding steroid dienone is 1. The van der Waals surface area contributed by atoms with Gasteiger partial charge in [0.2, 0.25) is 0 Å². The number of fused-ring (bicyclic) bond motifs is 3. The minimum absolute atomic E-state index is 0.847. The molecule has 1 heterocycles. The molecule has 0 bridgehead atoms. The van der Waals surface area contributed by atoms with Crippen LogP contribution >= 0.6 is 0 Å². The van der Waals surface area contributed by atoms with E-state index in [-0.39, 0.29) is 0 Å². The number of hydrogen-bond acceptors (Lipinski definition) is 1. The van der Waals surface area contributed by atoms with Crippen LogP contribution < -0.4 is 0 Å². The van der Waals surface area contributed by atoms with Crippen molar-refractivity contribution in [2.75, 3.05) is 0 Å². The molecule has 1 nitrogen and oxygen atoms in total. The molecular weight excluding hydrogens is 725 g/mol. The molecule has 60 heavy (non-hydrogen) atoms. The third-order valence-electron chi connectivity index (χ3n) is 10.1. The summed E-state index contributed by atoms with van der Waals surface area (Å²) in [7, 11) is 0. The van der Waals surface area contributed by atoms with Crippen LogP contribution in [-0.2, 0) is 12.8 Å². The van der Waals surface area contributed by atoms with Gasteiger partial charge in [0.25, 0.3) is 0 Å². The minimum atomic E-state index is 0.847. The van der Waals surface area contributed by atoms with Crippen LogP contribution in [0.15, 0.2) is 211 Å². The first kappa shape index (κ1) is 42.5. The Balaban J connectivity index is 0.000000250. The molecule has 0 amide bonds. The molecule has 0 fully saturated rings. The van der Waals surface area contributed by atoms with Crippen LogP contribution in [0.2, 0.25) is 0 Å². The molecule has 0 saturated carbocycles. The molecule has 0 saturated heterocycles. The highest BCUT2D eigenvalue weighted by Crippen LogP contribution is 2.33. The van der Waals surface area contributed by atoms with Gasteiger partial charge in [0.1, 0.15) is 11.2 Å². The molecule has 9 aromatic rings. The Hall–Kier alpha value is -7.14. The van der Waals surface area contributed by atoms with Crippen molar-refractivity contribution in [3.05, 3.63) is 223 Å². The van der Waals surface area contributed by atoms with Gasteiger partial charge in [-0.05, 0) is 104 Å². The second-order valence-corrected chi connectivity index (χ2v) is 14.2. The first-order valence-corrected chi connectivity index (χ1v) is 21.1. The standard InChI is InChI=1S/C39H28O.C14H14.C4H6.C2H6/c1-3-12-30(13-4-1)33-25-34(31-14-5-2-6-15-31)27-35(26-33)32-21-18-28(19-22-32)10-9-11-29-20-23-37-36-16-7-8-17-38(36)40-39(37)24-29;1-2-12-7-6-10-14(11-12)13-8-4-3-5-9-13;1-3-4-2;1-2/h1-10,12-27H,11H2;3-11H,2H2,1H3;1H,4H2,2H3;1-2H3/b10-9+;;;. The average Bonchev–Trinajstić information content (AvgIpc) is 3.71. The van der Waals surface area contributed by atoms with E-state index in [0.717, 1.165) is 30.4 Å². The predicted octanol–water partition coefficient (Wildman–Crippen LogP) is 16.8.